The Morgan fingerprint density at radius 1 is 1.53 bits per heavy atom. The standard InChI is InChI=1S/C11H14N2O2/c1-11(2)9(13(3)10(14)15-11)8-5-4-6-12-7-8/h4-7,9H,1-3H3. The van der Waals surface area contributed by atoms with E-state index >= 15 is 0 Å². The minimum atomic E-state index is -0.505. The molecule has 80 valence electrons. The van der Waals surface area contributed by atoms with Crippen LogP contribution < -0.4 is 0 Å². The van der Waals surface area contributed by atoms with E-state index in [9.17, 15) is 4.79 Å². The van der Waals surface area contributed by atoms with E-state index in [2.05, 4.69) is 4.98 Å². The van der Waals surface area contributed by atoms with E-state index in [0.717, 1.165) is 5.56 Å². The van der Waals surface area contributed by atoms with Gasteiger partial charge in [-0.3, -0.25) is 4.98 Å². The van der Waals surface area contributed by atoms with E-state index in [1.54, 1.807) is 24.3 Å². The van der Waals surface area contributed by atoms with Gasteiger partial charge in [-0.15, -0.1) is 0 Å². The van der Waals surface area contributed by atoms with Crippen molar-refractivity contribution in [2.24, 2.45) is 0 Å². The maximum Gasteiger partial charge on any atom is 0.410 e. The molecule has 1 atom stereocenters. The van der Waals surface area contributed by atoms with E-state index < -0.39 is 5.60 Å². The number of aromatic nitrogens is 1. The van der Waals surface area contributed by atoms with Crippen LogP contribution in [0.2, 0.25) is 0 Å². The number of rotatable bonds is 1. The summed E-state index contributed by atoms with van der Waals surface area (Å²) in [5.41, 5.74) is 0.491. The number of ether oxygens (including phenoxy) is 1. The van der Waals surface area contributed by atoms with Crippen LogP contribution in [0, 0.1) is 0 Å². The summed E-state index contributed by atoms with van der Waals surface area (Å²) in [5, 5.41) is 0. The van der Waals surface area contributed by atoms with Gasteiger partial charge >= 0.3 is 6.09 Å². The molecule has 1 fully saturated rings. The van der Waals surface area contributed by atoms with Gasteiger partial charge in [-0.05, 0) is 25.5 Å². The van der Waals surface area contributed by atoms with Crippen molar-refractivity contribution < 1.29 is 9.53 Å². The fourth-order valence-corrected chi connectivity index (χ4v) is 2.09. The predicted octanol–water partition coefficient (Wildman–Crippen LogP) is 1.98. The Bertz CT molecular complexity index is 375. The highest BCUT2D eigenvalue weighted by Crippen LogP contribution is 2.39. The first-order chi connectivity index (χ1) is 7.02. The third kappa shape index (κ3) is 1.56. The highest BCUT2D eigenvalue weighted by Gasteiger charge is 2.46. The van der Waals surface area contributed by atoms with Gasteiger partial charge < -0.3 is 9.64 Å². The van der Waals surface area contributed by atoms with Gasteiger partial charge in [0.15, 0.2) is 0 Å². The highest BCUT2D eigenvalue weighted by molar-refractivity contribution is 5.71. The summed E-state index contributed by atoms with van der Waals surface area (Å²) in [6.45, 7) is 3.82. The lowest BCUT2D eigenvalue weighted by molar-refractivity contribution is 0.0677. The van der Waals surface area contributed by atoms with Gasteiger partial charge in [0.2, 0.25) is 0 Å². The summed E-state index contributed by atoms with van der Waals surface area (Å²) in [7, 11) is 1.74. The van der Waals surface area contributed by atoms with Gasteiger partial charge in [0.25, 0.3) is 0 Å². The Labute approximate surface area is 88.9 Å². The predicted molar refractivity (Wildman–Crippen MR) is 55.3 cm³/mol. The van der Waals surface area contributed by atoms with E-state index in [1.807, 2.05) is 26.0 Å². The van der Waals surface area contributed by atoms with Gasteiger partial charge in [-0.1, -0.05) is 6.07 Å². The lowest BCUT2D eigenvalue weighted by Crippen LogP contribution is -2.31. The molecule has 4 heteroatoms. The lowest BCUT2D eigenvalue weighted by atomic mass is 9.93. The van der Waals surface area contributed by atoms with Crippen LogP contribution >= 0.6 is 0 Å². The van der Waals surface area contributed by atoms with Gasteiger partial charge in [-0.25, -0.2) is 4.79 Å². The molecule has 0 bridgehead atoms. The van der Waals surface area contributed by atoms with Gasteiger partial charge in [0, 0.05) is 19.4 Å². The topological polar surface area (TPSA) is 42.4 Å². The van der Waals surface area contributed by atoms with Crippen LogP contribution in [0.1, 0.15) is 25.5 Å². The molecule has 1 saturated heterocycles. The van der Waals surface area contributed by atoms with Crippen molar-refractivity contribution in [3.8, 4) is 0 Å². The summed E-state index contributed by atoms with van der Waals surface area (Å²) in [4.78, 5) is 17.1. The molecule has 0 radical (unpaired) electrons. The van der Waals surface area contributed by atoms with Crippen LogP contribution in [0.5, 0.6) is 0 Å². The summed E-state index contributed by atoms with van der Waals surface area (Å²) in [6, 6.07) is 3.75. The summed E-state index contributed by atoms with van der Waals surface area (Å²) in [5.74, 6) is 0. The summed E-state index contributed by atoms with van der Waals surface area (Å²) >= 11 is 0. The number of carbonyl (C=O) groups excluding carboxylic acids is 1. The number of carbonyl (C=O) groups is 1. The molecule has 0 saturated carbocycles. The molecule has 1 aliphatic rings. The first-order valence-electron chi connectivity index (χ1n) is 4.88. The first kappa shape index (κ1) is 9.96. The maximum absolute atomic E-state index is 11.5. The number of hydrogen-bond acceptors (Lipinski definition) is 3. The molecule has 4 nitrogen and oxygen atoms in total. The smallest absolute Gasteiger partial charge is 0.410 e. The molecule has 15 heavy (non-hydrogen) atoms. The molecule has 1 amide bonds. The van der Waals surface area contributed by atoms with Gasteiger partial charge in [-0.2, -0.15) is 0 Å². The molecule has 0 aliphatic carbocycles. The summed E-state index contributed by atoms with van der Waals surface area (Å²) in [6.07, 6.45) is 3.20. The Hall–Kier alpha value is -1.58. The fraction of sp³-hybridized carbons (Fsp3) is 0.455. The second kappa shape index (κ2) is 3.22. The molecule has 1 aliphatic heterocycles. The molecule has 0 N–H and O–H groups in total. The third-order valence-electron chi connectivity index (χ3n) is 2.68. The Balaban J connectivity index is 2.40. The van der Waals surface area contributed by atoms with Crippen molar-refractivity contribution in [1.82, 2.24) is 9.88 Å². The zero-order chi connectivity index (χ0) is 11.1. The van der Waals surface area contributed by atoms with E-state index in [-0.39, 0.29) is 12.1 Å². The van der Waals surface area contributed by atoms with Crippen LogP contribution in [0.4, 0.5) is 4.79 Å². The number of cyclic esters (lactones) is 1. The normalized spacial score (nSPS) is 24.1. The molecular formula is C11H14N2O2. The quantitative estimate of drug-likeness (QED) is 0.705. The van der Waals surface area contributed by atoms with E-state index in [1.165, 1.54) is 0 Å². The number of pyridine rings is 1. The van der Waals surface area contributed by atoms with Crippen molar-refractivity contribution in [2.45, 2.75) is 25.5 Å². The van der Waals surface area contributed by atoms with Crippen molar-refractivity contribution in [3.63, 3.8) is 0 Å². The van der Waals surface area contributed by atoms with Crippen molar-refractivity contribution in [3.05, 3.63) is 30.1 Å². The van der Waals surface area contributed by atoms with Crippen LogP contribution in [0.15, 0.2) is 24.5 Å². The molecule has 0 aromatic carbocycles. The summed E-state index contributed by atoms with van der Waals surface area (Å²) < 4.78 is 5.29. The van der Waals surface area contributed by atoms with Crippen LogP contribution in [0.3, 0.4) is 0 Å². The van der Waals surface area contributed by atoms with Crippen molar-refractivity contribution >= 4 is 6.09 Å². The molecular weight excluding hydrogens is 192 g/mol. The second-order valence-corrected chi connectivity index (χ2v) is 4.27. The number of likely N-dealkylation sites (N-methyl/N-ethyl adjacent to an activating group) is 1. The number of nitrogens with zero attached hydrogens (tertiary/aromatic N) is 2. The Kier molecular flexibility index (Phi) is 2.14. The molecule has 2 rings (SSSR count). The zero-order valence-corrected chi connectivity index (χ0v) is 9.10. The van der Waals surface area contributed by atoms with E-state index in [4.69, 9.17) is 4.74 Å². The molecule has 1 aromatic heterocycles. The lowest BCUT2D eigenvalue weighted by Gasteiger charge is -2.26. The molecule has 0 spiro atoms. The van der Waals surface area contributed by atoms with Gasteiger partial charge in [0.1, 0.15) is 11.6 Å². The van der Waals surface area contributed by atoms with Crippen LogP contribution in [0.25, 0.3) is 0 Å². The monoisotopic (exact) mass is 206 g/mol. The average molecular weight is 206 g/mol. The number of amides is 1. The molecule has 1 aromatic rings. The zero-order valence-electron chi connectivity index (χ0n) is 9.10. The van der Waals surface area contributed by atoms with Gasteiger partial charge in [0.05, 0.1) is 0 Å². The largest absolute Gasteiger partial charge is 0.441 e. The SMILES string of the molecule is CN1C(=O)OC(C)(C)C1c1cccnc1. The Morgan fingerprint density at radius 3 is 2.73 bits per heavy atom. The Morgan fingerprint density at radius 2 is 2.27 bits per heavy atom. The average Bonchev–Trinajstić information content (AvgIpc) is 2.37. The van der Waals surface area contributed by atoms with Crippen molar-refractivity contribution in [2.75, 3.05) is 7.05 Å². The van der Waals surface area contributed by atoms with Crippen LogP contribution in [-0.2, 0) is 4.74 Å². The fourth-order valence-electron chi connectivity index (χ4n) is 2.09. The molecule has 2 heterocycles. The molecule has 1 unspecified atom stereocenters. The highest BCUT2D eigenvalue weighted by atomic mass is 16.6. The first-order valence-corrected chi connectivity index (χ1v) is 4.88. The van der Waals surface area contributed by atoms with Crippen LogP contribution in [-0.4, -0.2) is 28.6 Å². The second-order valence-electron chi connectivity index (χ2n) is 4.27. The minimum Gasteiger partial charge on any atom is -0.441 e. The maximum atomic E-state index is 11.5. The third-order valence-corrected chi connectivity index (χ3v) is 2.68. The van der Waals surface area contributed by atoms with Crippen molar-refractivity contribution in [1.29, 1.82) is 0 Å². The van der Waals surface area contributed by atoms with E-state index in [0.29, 0.717) is 0 Å². The minimum absolute atomic E-state index is 0.0706. The number of hydrogen-bond donors (Lipinski definition) is 0.